The molecule has 0 atom stereocenters. The van der Waals surface area contributed by atoms with E-state index in [0.717, 1.165) is 27.6 Å². The Morgan fingerprint density at radius 2 is 1.89 bits per heavy atom. The van der Waals surface area contributed by atoms with E-state index in [9.17, 15) is 0 Å². The van der Waals surface area contributed by atoms with Crippen molar-refractivity contribution in [2.75, 3.05) is 5.73 Å². The Labute approximate surface area is 108 Å². The largest absolute Gasteiger partial charge is 0.463 e. The summed E-state index contributed by atoms with van der Waals surface area (Å²) in [5, 5.41) is 0.988. The van der Waals surface area contributed by atoms with Crippen molar-refractivity contribution in [3.05, 3.63) is 48.7 Å². The first-order valence-electron chi connectivity index (χ1n) is 5.94. The zero-order valence-corrected chi connectivity index (χ0v) is 9.96. The van der Waals surface area contributed by atoms with E-state index in [1.54, 1.807) is 18.4 Å². The molecule has 0 aliphatic rings. The van der Waals surface area contributed by atoms with Gasteiger partial charge in [-0.1, -0.05) is 18.2 Å². The van der Waals surface area contributed by atoms with E-state index in [2.05, 4.69) is 4.98 Å². The van der Waals surface area contributed by atoms with Gasteiger partial charge in [0.1, 0.15) is 17.4 Å². The minimum Gasteiger partial charge on any atom is -0.463 e. The SMILES string of the molecule is Nc1ccc2oc(-c3coc4ccccc34)nc2c1. The Bertz CT molecular complexity index is 889. The molecule has 4 heteroatoms. The van der Waals surface area contributed by atoms with E-state index in [-0.39, 0.29) is 0 Å². The Morgan fingerprint density at radius 1 is 1.00 bits per heavy atom. The first-order chi connectivity index (χ1) is 9.31. The lowest BCUT2D eigenvalue weighted by molar-refractivity contribution is 0.601. The molecule has 0 saturated heterocycles. The van der Waals surface area contributed by atoms with Gasteiger partial charge in [-0.15, -0.1) is 0 Å². The predicted octanol–water partition coefficient (Wildman–Crippen LogP) is 3.82. The van der Waals surface area contributed by atoms with E-state index < -0.39 is 0 Å². The fourth-order valence-corrected chi connectivity index (χ4v) is 2.20. The molecule has 19 heavy (non-hydrogen) atoms. The predicted molar refractivity (Wildman–Crippen MR) is 73.6 cm³/mol. The number of anilines is 1. The minimum absolute atomic E-state index is 0.547. The van der Waals surface area contributed by atoms with Crippen LogP contribution in [-0.4, -0.2) is 4.98 Å². The number of nitrogens with two attached hydrogens (primary N) is 1. The molecule has 2 aromatic heterocycles. The van der Waals surface area contributed by atoms with Gasteiger partial charge >= 0.3 is 0 Å². The maximum Gasteiger partial charge on any atom is 0.231 e. The molecule has 0 radical (unpaired) electrons. The fourth-order valence-electron chi connectivity index (χ4n) is 2.20. The van der Waals surface area contributed by atoms with Gasteiger partial charge in [0.05, 0.1) is 5.56 Å². The first kappa shape index (κ1) is 10.2. The summed E-state index contributed by atoms with van der Waals surface area (Å²) in [6.07, 6.45) is 1.67. The van der Waals surface area contributed by atoms with Crippen molar-refractivity contribution in [2.45, 2.75) is 0 Å². The number of aromatic nitrogens is 1. The third-order valence-electron chi connectivity index (χ3n) is 3.12. The molecule has 0 spiro atoms. The smallest absolute Gasteiger partial charge is 0.231 e. The lowest BCUT2D eigenvalue weighted by Gasteiger charge is -1.90. The molecule has 0 unspecified atom stereocenters. The van der Waals surface area contributed by atoms with Crippen LogP contribution in [-0.2, 0) is 0 Å². The van der Waals surface area contributed by atoms with Crippen LogP contribution in [0.15, 0.2) is 57.6 Å². The molecule has 0 fully saturated rings. The second-order valence-electron chi connectivity index (χ2n) is 4.39. The molecule has 4 nitrogen and oxygen atoms in total. The Balaban J connectivity index is 1.99. The van der Waals surface area contributed by atoms with Crippen molar-refractivity contribution in [3.63, 3.8) is 0 Å². The number of hydrogen-bond acceptors (Lipinski definition) is 4. The summed E-state index contributed by atoms with van der Waals surface area (Å²) in [5.41, 5.74) is 9.55. The summed E-state index contributed by atoms with van der Waals surface area (Å²) in [6.45, 7) is 0. The zero-order valence-electron chi connectivity index (χ0n) is 9.96. The van der Waals surface area contributed by atoms with Crippen LogP contribution in [0.1, 0.15) is 0 Å². The zero-order chi connectivity index (χ0) is 12.8. The van der Waals surface area contributed by atoms with E-state index in [0.29, 0.717) is 11.6 Å². The molecular formula is C15H10N2O2. The van der Waals surface area contributed by atoms with Crippen LogP contribution in [0.4, 0.5) is 5.69 Å². The highest BCUT2D eigenvalue weighted by Crippen LogP contribution is 2.32. The van der Waals surface area contributed by atoms with Gasteiger partial charge in [0.2, 0.25) is 5.89 Å². The highest BCUT2D eigenvalue weighted by atomic mass is 16.4. The van der Waals surface area contributed by atoms with Crippen molar-refractivity contribution >= 4 is 27.8 Å². The van der Waals surface area contributed by atoms with Gasteiger partial charge < -0.3 is 14.6 Å². The maximum atomic E-state index is 5.75. The number of nitrogens with zero attached hydrogens (tertiary/aromatic N) is 1. The average molecular weight is 250 g/mol. The van der Waals surface area contributed by atoms with Gasteiger partial charge in [-0.05, 0) is 24.3 Å². The van der Waals surface area contributed by atoms with Crippen molar-refractivity contribution in [2.24, 2.45) is 0 Å². The Morgan fingerprint density at radius 3 is 2.84 bits per heavy atom. The summed E-state index contributed by atoms with van der Waals surface area (Å²) in [4.78, 5) is 4.46. The van der Waals surface area contributed by atoms with Crippen molar-refractivity contribution in [1.82, 2.24) is 4.98 Å². The molecule has 0 aliphatic heterocycles. The van der Waals surface area contributed by atoms with Crippen molar-refractivity contribution in [1.29, 1.82) is 0 Å². The monoisotopic (exact) mass is 250 g/mol. The van der Waals surface area contributed by atoms with Crippen LogP contribution in [0.5, 0.6) is 0 Å². The molecule has 92 valence electrons. The van der Waals surface area contributed by atoms with Gasteiger partial charge in [0.25, 0.3) is 0 Å². The van der Waals surface area contributed by atoms with Gasteiger partial charge in [0.15, 0.2) is 5.58 Å². The van der Waals surface area contributed by atoms with Crippen LogP contribution < -0.4 is 5.73 Å². The van der Waals surface area contributed by atoms with Crippen LogP contribution in [0.3, 0.4) is 0 Å². The van der Waals surface area contributed by atoms with Crippen LogP contribution in [0, 0.1) is 0 Å². The molecule has 0 amide bonds. The first-order valence-corrected chi connectivity index (χ1v) is 5.94. The number of para-hydroxylation sites is 1. The van der Waals surface area contributed by atoms with E-state index in [4.69, 9.17) is 14.6 Å². The van der Waals surface area contributed by atoms with Crippen molar-refractivity contribution in [3.8, 4) is 11.5 Å². The summed E-state index contributed by atoms with van der Waals surface area (Å²) in [6, 6.07) is 13.2. The number of fused-ring (bicyclic) bond motifs is 2. The number of benzene rings is 2. The third kappa shape index (κ3) is 1.50. The third-order valence-corrected chi connectivity index (χ3v) is 3.12. The molecule has 0 aliphatic carbocycles. The van der Waals surface area contributed by atoms with Gasteiger partial charge in [-0.3, -0.25) is 0 Å². The lowest BCUT2D eigenvalue weighted by atomic mass is 10.2. The number of rotatable bonds is 1. The number of nitrogen functional groups attached to an aromatic ring is 1. The van der Waals surface area contributed by atoms with Gasteiger partial charge in [-0.2, -0.15) is 0 Å². The average Bonchev–Trinajstić information content (AvgIpc) is 3.00. The summed E-state index contributed by atoms with van der Waals surface area (Å²) < 4.78 is 11.2. The fraction of sp³-hybridized carbons (Fsp3) is 0. The molecule has 0 saturated carbocycles. The number of hydrogen-bond donors (Lipinski definition) is 1. The summed E-state index contributed by atoms with van der Waals surface area (Å²) >= 11 is 0. The molecule has 4 aromatic rings. The normalized spacial score (nSPS) is 11.4. The van der Waals surface area contributed by atoms with E-state index in [1.165, 1.54) is 0 Å². The summed E-state index contributed by atoms with van der Waals surface area (Å²) in [7, 11) is 0. The molecule has 2 aromatic carbocycles. The Hall–Kier alpha value is -2.75. The highest BCUT2D eigenvalue weighted by Gasteiger charge is 2.13. The quantitative estimate of drug-likeness (QED) is 0.521. The standard InChI is InChI=1S/C15H10N2O2/c16-9-5-6-14-12(7-9)17-15(19-14)11-8-18-13-4-2-1-3-10(11)13/h1-8H,16H2. The molecule has 2 heterocycles. The van der Waals surface area contributed by atoms with Gasteiger partial charge in [0, 0.05) is 11.1 Å². The Kier molecular flexibility index (Phi) is 1.94. The van der Waals surface area contributed by atoms with Gasteiger partial charge in [-0.25, -0.2) is 4.98 Å². The molecule has 4 rings (SSSR count). The molecule has 0 bridgehead atoms. The maximum absolute atomic E-state index is 5.75. The van der Waals surface area contributed by atoms with Crippen LogP contribution in [0.2, 0.25) is 0 Å². The highest BCUT2D eigenvalue weighted by molar-refractivity contribution is 5.93. The summed E-state index contributed by atoms with van der Waals surface area (Å²) in [5.74, 6) is 0.547. The molecule has 2 N–H and O–H groups in total. The second kappa shape index (κ2) is 3.62. The molecular weight excluding hydrogens is 240 g/mol. The number of furan rings is 1. The number of oxazole rings is 1. The topological polar surface area (TPSA) is 65.2 Å². The second-order valence-corrected chi connectivity index (χ2v) is 4.39. The van der Waals surface area contributed by atoms with Crippen molar-refractivity contribution < 1.29 is 8.83 Å². The minimum atomic E-state index is 0.547. The van der Waals surface area contributed by atoms with Crippen LogP contribution in [0.25, 0.3) is 33.5 Å². The lowest BCUT2D eigenvalue weighted by Crippen LogP contribution is -1.82. The van der Waals surface area contributed by atoms with E-state index in [1.807, 2.05) is 30.3 Å². The van der Waals surface area contributed by atoms with Crippen LogP contribution >= 0.6 is 0 Å². The van der Waals surface area contributed by atoms with E-state index >= 15 is 0 Å².